The summed E-state index contributed by atoms with van der Waals surface area (Å²) in [4.78, 5) is 14.3. The summed E-state index contributed by atoms with van der Waals surface area (Å²) in [5.41, 5.74) is 4.85. The zero-order valence-corrected chi connectivity index (χ0v) is 18.1. The summed E-state index contributed by atoms with van der Waals surface area (Å²) in [6.45, 7) is 4.47. The second kappa shape index (κ2) is 7.71. The maximum atomic E-state index is 14.1. The molecular formula is C26H22FNO4. The molecule has 5 rings (SSSR count). The van der Waals surface area contributed by atoms with E-state index in [2.05, 4.69) is 0 Å². The van der Waals surface area contributed by atoms with Crippen LogP contribution in [0.25, 0.3) is 22.1 Å². The second-order valence-corrected chi connectivity index (χ2v) is 7.98. The molecule has 0 bridgehead atoms. The van der Waals surface area contributed by atoms with Crippen molar-refractivity contribution >= 4 is 16.7 Å². The molecule has 0 radical (unpaired) electrons. The van der Waals surface area contributed by atoms with Gasteiger partial charge in [-0.3, -0.25) is 0 Å². The largest absolute Gasteiger partial charge is 0.497 e. The fraction of sp³-hybridized carbons (Fsp3) is 0.192. The van der Waals surface area contributed by atoms with Crippen molar-refractivity contribution in [3.8, 4) is 22.6 Å². The van der Waals surface area contributed by atoms with Crippen molar-refractivity contribution in [1.82, 2.24) is 0 Å². The molecule has 1 aliphatic heterocycles. The van der Waals surface area contributed by atoms with E-state index < -0.39 is 5.63 Å². The predicted octanol–water partition coefficient (Wildman–Crippen LogP) is 5.58. The monoisotopic (exact) mass is 431 g/mol. The Morgan fingerprint density at radius 2 is 1.81 bits per heavy atom. The maximum Gasteiger partial charge on any atom is 0.336 e. The number of ether oxygens (including phenoxy) is 2. The summed E-state index contributed by atoms with van der Waals surface area (Å²) in [6, 6.07) is 16.2. The molecule has 0 unspecified atom stereocenters. The van der Waals surface area contributed by atoms with Crippen molar-refractivity contribution in [2.24, 2.45) is 0 Å². The first-order chi connectivity index (χ1) is 15.4. The van der Waals surface area contributed by atoms with Crippen molar-refractivity contribution in [2.75, 3.05) is 18.7 Å². The van der Waals surface area contributed by atoms with Crippen molar-refractivity contribution < 1.29 is 18.3 Å². The lowest BCUT2D eigenvalue weighted by Crippen LogP contribution is -2.32. The van der Waals surface area contributed by atoms with Crippen LogP contribution >= 0.6 is 0 Å². The lowest BCUT2D eigenvalue weighted by Gasteiger charge is -2.32. The Bertz CT molecular complexity index is 1390. The summed E-state index contributed by atoms with van der Waals surface area (Å²) < 4.78 is 31.0. The molecule has 0 saturated carbocycles. The third-order valence-electron chi connectivity index (χ3n) is 5.94. The average Bonchev–Trinajstić information content (AvgIpc) is 2.81. The third-order valence-corrected chi connectivity index (χ3v) is 5.94. The first-order valence-electron chi connectivity index (χ1n) is 10.3. The molecule has 4 aromatic rings. The standard InChI is InChI=1S/C26H22FNO4/c1-15-4-7-19(11-23(15)27)28-13-18-10-22-21(17-5-8-20(30-3)9-6-17)12-24(29)32-26(22)16(2)25(18)31-14-28/h4-12H,13-14H2,1-3H3. The maximum absolute atomic E-state index is 14.1. The van der Waals surface area contributed by atoms with Crippen molar-refractivity contribution in [2.45, 2.75) is 20.4 Å². The average molecular weight is 431 g/mol. The number of hydrogen-bond acceptors (Lipinski definition) is 5. The molecule has 32 heavy (non-hydrogen) atoms. The van der Waals surface area contributed by atoms with Gasteiger partial charge in [0.05, 0.1) is 7.11 Å². The van der Waals surface area contributed by atoms with Gasteiger partial charge in [0, 0.05) is 34.8 Å². The highest BCUT2D eigenvalue weighted by Gasteiger charge is 2.24. The van der Waals surface area contributed by atoms with Crippen LogP contribution < -0.4 is 20.0 Å². The second-order valence-electron chi connectivity index (χ2n) is 7.98. The lowest BCUT2D eigenvalue weighted by atomic mass is 9.96. The molecule has 0 saturated heterocycles. The fourth-order valence-corrected chi connectivity index (χ4v) is 4.17. The SMILES string of the molecule is COc1ccc(-c2cc(=O)oc3c(C)c4c(cc23)CN(c2ccc(C)c(F)c2)CO4)cc1. The molecule has 6 heteroatoms. The Kier molecular flexibility index (Phi) is 4.85. The number of halogens is 1. The van der Waals surface area contributed by atoms with Crippen LogP contribution in [0.1, 0.15) is 16.7 Å². The number of benzene rings is 3. The number of hydrogen-bond donors (Lipinski definition) is 0. The van der Waals surface area contributed by atoms with Gasteiger partial charge in [-0.2, -0.15) is 0 Å². The van der Waals surface area contributed by atoms with E-state index in [1.807, 2.05) is 48.2 Å². The van der Waals surface area contributed by atoms with Gasteiger partial charge in [-0.15, -0.1) is 0 Å². The summed E-state index contributed by atoms with van der Waals surface area (Å²) in [5.74, 6) is 1.20. The van der Waals surface area contributed by atoms with Crippen molar-refractivity contribution in [3.05, 3.63) is 87.5 Å². The van der Waals surface area contributed by atoms with Crippen LogP contribution in [0, 0.1) is 19.7 Å². The molecule has 1 aliphatic rings. The highest BCUT2D eigenvalue weighted by atomic mass is 19.1. The summed E-state index contributed by atoms with van der Waals surface area (Å²) in [6.07, 6.45) is 0. The van der Waals surface area contributed by atoms with Crippen LogP contribution in [0.5, 0.6) is 11.5 Å². The van der Waals surface area contributed by atoms with Gasteiger partial charge in [-0.1, -0.05) is 18.2 Å². The third kappa shape index (κ3) is 3.38. The van der Waals surface area contributed by atoms with Crippen molar-refractivity contribution in [3.63, 3.8) is 0 Å². The highest BCUT2D eigenvalue weighted by molar-refractivity contribution is 5.96. The summed E-state index contributed by atoms with van der Waals surface area (Å²) in [5, 5.41) is 0.826. The van der Waals surface area contributed by atoms with Crippen LogP contribution in [0.2, 0.25) is 0 Å². The molecule has 0 N–H and O–H groups in total. The molecule has 0 fully saturated rings. The predicted molar refractivity (Wildman–Crippen MR) is 122 cm³/mol. The van der Waals surface area contributed by atoms with E-state index in [1.54, 1.807) is 20.1 Å². The van der Waals surface area contributed by atoms with Gasteiger partial charge in [0.1, 0.15) is 22.9 Å². The van der Waals surface area contributed by atoms with E-state index in [1.165, 1.54) is 12.1 Å². The van der Waals surface area contributed by atoms with E-state index in [9.17, 15) is 9.18 Å². The number of anilines is 1. The van der Waals surface area contributed by atoms with Gasteiger partial charge in [0.15, 0.2) is 6.73 Å². The first kappa shape index (κ1) is 20.1. The van der Waals surface area contributed by atoms with Gasteiger partial charge in [-0.05, 0) is 60.9 Å². The quantitative estimate of drug-likeness (QED) is 0.396. The normalized spacial score (nSPS) is 13.1. The van der Waals surface area contributed by atoms with Crippen molar-refractivity contribution in [1.29, 1.82) is 0 Å². The van der Waals surface area contributed by atoms with E-state index in [0.29, 0.717) is 23.4 Å². The molecule has 0 aliphatic carbocycles. The Morgan fingerprint density at radius 1 is 1.03 bits per heavy atom. The minimum absolute atomic E-state index is 0.244. The number of rotatable bonds is 3. The minimum Gasteiger partial charge on any atom is -0.497 e. The van der Waals surface area contributed by atoms with Gasteiger partial charge in [0.25, 0.3) is 0 Å². The number of methoxy groups -OCH3 is 1. The van der Waals surface area contributed by atoms with E-state index >= 15 is 0 Å². The number of fused-ring (bicyclic) bond motifs is 2. The molecule has 0 spiro atoms. The molecule has 0 atom stereocenters. The Labute approximate surface area is 184 Å². The fourth-order valence-electron chi connectivity index (χ4n) is 4.17. The smallest absolute Gasteiger partial charge is 0.336 e. The topological polar surface area (TPSA) is 51.9 Å². The first-order valence-corrected chi connectivity index (χ1v) is 10.3. The van der Waals surface area contributed by atoms with Gasteiger partial charge < -0.3 is 18.8 Å². The zero-order chi connectivity index (χ0) is 22.4. The number of aryl methyl sites for hydroxylation is 2. The Balaban J connectivity index is 1.63. The van der Waals surface area contributed by atoms with E-state index in [-0.39, 0.29) is 12.5 Å². The zero-order valence-electron chi connectivity index (χ0n) is 18.1. The Hall–Kier alpha value is -3.80. The van der Waals surface area contributed by atoms with Gasteiger partial charge in [0.2, 0.25) is 0 Å². The molecule has 0 amide bonds. The number of nitrogens with zero attached hydrogens (tertiary/aromatic N) is 1. The minimum atomic E-state index is -0.418. The molecule has 2 heterocycles. The van der Waals surface area contributed by atoms with Crippen LogP contribution in [-0.2, 0) is 6.54 Å². The van der Waals surface area contributed by atoms with E-state index in [0.717, 1.165) is 39.1 Å². The molecule has 5 nitrogen and oxygen atoms in total. The summed E-state index contributed by atoms with van der Waals surface area (Å²) in [7, 11) is 1.61. The van der Waals surface area contributed by atoms with Crippen LogP contribution in [0.15, 0.2) is 63.8 Å². The summed E-state index contributed by atoms with van der Waals surface area (Å²) >= 11 is 0. The highest BCUT2D eigenvalue weighted by Crippen LogP contribution is 2.39. The molecule has 3 aromatic carbocycles. The van der Waals surface area contributed by atoms with Gasteiger partial charge in [-0.25, -0.2) is 9.18 Å². The molecule has 1 aromatic heterocycles. The van der Waals surface area contributed by atoms with Crippen LogP contribution in [0.4, 0.5) is 10.1 Å². The molecule has 162 valence electrons. The van der Waals surface area contributed by atoms with E-state index in [4.69, 9.17) is 13.9 Å². The van der Waals surface area contributed by atoms with Crippen LogP contribution in [-0.4, -0.2) is 13.8 Å². The molecular weight excluding hydrogens is 409 g/mol. The van der Waals surface area contributed by atoms with Gasteiger partial charge >= 0.3 is 5.63 Å². The van der Waals surface area contributed by atoms with Crippen LogP contribution in [0.3, 0.4) is 0 Å². The lowest BCUT2D eigenvalue weighted by molar-refractivity contribution is 0.287. The Morgan fingerprint density at radius 3 is 2.53 bits per heavy atom.